The van der Waals surface area contributed by atoms with Gasteiger partial charge in [-0.05, 0) is 43.7 Å². The average molecular weight is 411 g/mol. The van der Waals surface area contributed by atoms with E-state index in [1.54, 1.807) is 23.2 Å². The van der Waals surface area contributed by atoms with Crippen LogP contribution in [-0.2, 0) is 0 Å². The molecular weight excluding hydrogens is 392 g/mol. The largest absolute Gasteiger partial charge is 0.507 e. The lowest BCUT2D eigenvalue weighted by molar-refractivity contribution is 0.477. The number of hydrogen-bond acceptors (Lipinski definition) is 5. The van der Waals surface area contributed by atoms with Gasteiger partial charge in [-0.15, -0.1) is 0 Å². The van der Waals surface area contributed by atoms with Gasteiger partial charge in [0, 0.05) is 23.3 Å². The zero-order valence-electron chi connectivity index (χ0n) is 14.8. The van der Waals surface area contributed by atoms with Gasteiger partial charge >= 0.3 is 0 Å². The first-order valence-corrected chi connectivity index (χ1v) is 8.92. The smallest absolute Gasteiger partial charge is 0.165 e. The highest BCUT2D eigenvalue weighted by molar-refractivity contribution is 9.10. The van der Waals surface area contributed by atoms with E-state index in [0.29, 0.717) is 17.2 Å². The van der Waals surface area contributed by atoms with Crippen LogP contribution in [0.3, 0.4) is 0 Å². The van der Waals surface area contributed by atoms with Gasteiger partial charge in [-0.2, -0.15) is 5.10 Å². The fraction of sp³-hybridized carbons (Fsp3) is 0.150. The SMILES string of the molecule is CC(=NN(C)c1cc(C)nc(-c2ccccc2O)n1)c1ccc(Br)cc1. The molecule has 3 aromatic rings. The number of aromatic nitrogens is 2. The summed E-state index contributed by atoms with van der Waals surface area (Å²) in [5.41, 5.74) is 3.31. The third kappa shape index (κ3) is 4.08. The number of benzene rings is 2. The number of hydrazone groups is 1. The first kappa shape index (κ1) is 18.1. The van der Waals surface area contributed by atoms with E-state index >= 15 is 0 Å². The van der Waals surface area contributed by atoms with Crippen molar-refractivity contribution >= 4 is 27.5 Å². The summed E-state index contributed by atoms with van der Waals surface area (Å²) in [7, 11) is 1.85. The fourth-order valence-corrected chi connectivity index (χ4v) is 2.79. The summed E-state index contributed by atoms with van der Waals surface area (Å²) in [6, 6.07) is 16.9. The number of anilines is 1. The Morgan fingerprint density at radius 1 is 1.08 bits per heavy atom. The lowest BCUT2D eigenvalue weighted by Gasteiger charge is -2.15. The van der Waals surface area contributed by atoms with Crippen molar-refractivity contribution in [1.82, 2.24) is 9.97 Å². The number of hydrogen-bond donors (Lipinski definition) is 1. The van der Waals surface area contributed by atoms with Crippen molar-refractivity contribution in [3.05, 3.63) is 70.3 Å². The molecule has 5 nitrogen and oxygen atoms in total. The highest BCUT2D eigenvalue weighted by atomic mass is 79.9. The Hall–Kier alpha value is -2.73. The van der Waals surface area contributed by atoms with E-state index < -0.39 is 0 Å². The topological polar surface area (TPSA) is 61.6 Å². The Morgan fingerprint density at radius 2 is 1.77 bits per heavy atom. The number of rotatable bonds is 4. The molecule has 2 aromatic carbocycles. The zero-order valence-corrected chi connectivity index (χ0v) is 16.4. The summed E-state index contributed by atoms with van der Waals surface area (Å²) in [5.74, 6) is 1.29. The number of nitrogens with zero attached hydrogens (tertiary/aromatic N) is 4. The molecule has 0 saturated carbocycles. The Morgan fingerprint density at radius 3 is 2.46 bits per heavy atom. The Balaban J connectivity index is 1.95. The lowest BCUT2D eigenvalue weighted by atomic mass is 10.1. The molecule has 0 saturated heterocycles. The molecule has 1 N–H and O–H groups in total. The van der Waals surface area contributed by atoms with Crippen molar-refractivity contribution in [2.24, 2.45) is 5.10 Å². The molecule has 0 atom stereocenters. The molecule has 6 heteroatoms. The monoisotopic (exact) mass is 410 g/mol. The summed E-state index contributed by atoms with van der Waals surface area (Å²) >= 11 is 3.44. The van der Waals surface area contributed by atoms with Crippen LogP contribution in [0.25, 0.3) is 11.4 Å². The molecule has 0 radical (unpaired) electrons. The molecule has 1 heterocycles. The Kier molecular flexibility index (Phi) is 5.32. The van der Waals surface area contributed by atoms with Crippen molar-refractivity contribution in [2.75, 3.05) is 12.1 Å². The van der Waals surface area contributed by atoms with E-state index in [2.05, 4.69) is 31.0 Å². The molecule has 1 aromatic heterocycles. The number of phenolic OH excluding ortho intramolecular Hbond substituents is 1. The number of halogens is 1. The highest BCUT2D eigenvalue weighted by Crippen LogP contribution is 2.27. The van der Waals surface area contributed by atoms with E-state index in [0.717, 1.165) is 21.4 Å². The van der Waals surface area contributed by atoms with Gasteiger partial charge in [-0.25, -0.2) is 9.97 Å². The van der Waals surface area contributed by atoms with Gasteiger partial charge in [0.1, 0.15) is 5.75 Å². The van der Waals surface area contributed by atoms with Crippen LogP contribution in [0.1, 0.15) is 18.2 Å². The highest BCUT2D eigenvalue weighted by Gasteiger charge is 2.11. The quantitative estimate of drug-likeness (QED) is 0.496. The van der Waals surface area contributed by atoms with Gasteiger partial charge in [-0.1, -0.05) is 40.2 Å². The number of aromatic hydroxyl groups is 1. The minimum Gasteiger partial charge on any atom is -0.507 e. The predicted molar refractivity (Wildman–Crippen MR) is 109 cm³/mol. The second kappa shape index (κ2) is 7.66. The van der Waals surface area contributed by atoms with Crippen LogP contribution in [0.4, 0.5) is 5.82 Å². The zero-order chi connectivity index (χ0) is 18.7. The number of para-hydroxylation sites is 1. The first-order chi connectivity index (χ1) is 12.4. The predicted octanol–water partition coefficient (Wildman–Crippen LogP) is 4.78. The first-order valence-electron chi connectivity index (χ1n) is 8.13. The molecule has 26 heavy (non-hydrogen) atoms. The summed E-state index contributed by atoms with van der Waals surface area (Å²) in [6.07, 6.45) is 0. The second-order valence-electron chi connectivity index (χ2n) is 5.92. The molecule has 0 spiro atoms. The van der Waals surface area contributed by atoms with E-state index in [4.69, 9.17) is 0 Å². The minimum atomic E-state index is 0.154. The maximum atomic E-state index is 10.1. The maximum Gasteiger partial charge on any atom is 0.165 e. The number of phenols is 1. The van der Waals surface area contributed by atoms with Crippen LogP contribution in [0.2, 0.25) is 0 Å². The molecule has 0 aliphatic heterocycles. The Labute approximate surface area is 161 Å². The second-order valence-corrected chi connectivity index (χ2v) is 6.84. The summed E-state index contributed by atoms with van der Waals surface area (Å²) < 4.78 is 1.03. The van der Waals surface area contributed by atoms with Crippen molar-refractivity contribution in [1.29, 1.82) is 0 Å². The minimum absolute atomic E-state index is 0.154. The third-order valence-electron chi connectivity index (χ3n) is 3.88. The maximum absolute atomic E-state index is 10.1. The molecule has 132 valence electrons. The third-order valence-corrected chi connectivity index (χ3v) is 4.41. The molecule has 0 fully saturated rings. The fourth-order valence-electron chi connectivity index (χ4n) is 2.53. The average Bonchev–Trinajstić information content (AvgIpc) is 2.62. The summed E-state index contributed by atoms with van der Waals surface area (Å²) in [6.45, 7) is 3.85. The van der Waals surface area contributed by atoms with E-state index in [1.165, 1.54) is 0 Å². The van der Waals surface area contributed by atoms with Crippen LogP contribution in [0.15, 0.2) is 64.2 Å². The van der Waals surface area contributed by atoms with Crippen LogP contribution in [-0.4, -0.2) is 27.8 Å². The Bertz CT molecular complexity index is 954. The van der Waals surface area contributed by atoms with E-state index in [1.807, 2.05) is 57.3 Å². The van der Waals surface area contributed by atoms with Gasteiger partial charge in [0.2, 0.25) is 0 Å². The standard InChI is InChI=1S/C20H19BrN4O/c1-13-12-19(23-20(22-13)17-6-4-5-7-18(17)26)25(3)24-14(2)15-8-10-16(21)11-9-15/h4-12,26H,1-3H3. The summed E-state index contributed by atoms with van der Waals surface area (Å²) in [5, 5.41) is 16.4. The van der Waals surface area contributed by atoms with Gasteiger partial charge in [-0.3, -0.25) is 5.01 Å². The van der Waals surface area contributed by atoms with Crippen molar-refractivity contribution in [3.63, 3.8) is 0 Å². The summed E-state index contributed by atoms with van der Waals surface area (Å²) in [4.78, 5) is 9.01. The van der Waals surface area contributed by atoms with Gasteiger partial charge in [0.05, 0.1) is 11.3 Å². The van der Waals surface area contributed by atoms with Crippen LogP contribution >= 0.6 is 15.9 Å². The van der Waals surface area contributed by atoms with Gasteiger partial charge in [0.15, 0.2) is 11.6 Å². The van der Waals surface area contributed by atoms with Gasteiger partial charge < -0.3 is 5.11 Å². The normalized spacial score (nSPS) is 11.5. The molecule has 0 aliphatic rings. The van der Waals surface area contributed by atoms with E-state index in [9.17, 15) is 5.11 Å². The van der Waals surface area contributed by atoms with Crippen LogP contribution in [0.5, 0.6) is 5.75 Å². The van der Waals surface area contributed by atoms with Gasteiger partial charge in [0.25, 0.3) is 0 Å². The van der Waals surface area contributed by atoms with E-state index in [-0.39, 0.29) is 5.75 Å². The van der Waals surface area contributed by atoms with Crippen LogP contribution in [0, 0.1) is 6.92 Å². The number of aryl methyl sites for hydroxylation is 1. The molecule has 0 aliphatic carbocycles. The van der Waals surface area contributed by atoms with Crippen molar-refractivity contribution < 1.29 is 5.11 Å². The lowest BCUT2D eigenvalue weighted by Crippen LogP contribution is -2.15. The molecule has 0 unspecified atom stereocenters. The molecule has 3 rings (SSSR count). The van der Waals surface area contributed by atoms with Crippen molar-refractivity contribution in [2.45, 2.75) is 13.8 Å². The molecule has 0 bridgehead atoms. The molecule has 0 amide bonds. The van der Waals surface area contributed by atoms with Crippen LogP contribution < -0.4 is 5.01 Å². The van der Waals surface area contributed by atoms with Crippen molar-refractivity contribution in [3.8, 4) is 17.1 Å². The molecular formula is C20H19BrN4O.